The Labute approximate surface area is 112 Å². The molecular weight excluding hydrogens is 246 g/mol. The van der Waals surface area contributed by atoms with E-state index in [1.165, 1.54) is 12.3 Å². The average Bonchev–Trinajstić information content (AvgIpc) is 2.39. The Hall–Kier alpha value is -1.82. The lowest BCUT2D eigenvalue weighted by Gasteiger charge is -2.33. The molecule has 1 saturated heterocycles. The van der Waals surface area contributed by atoms with Crippen molar-refractivity contribution in [3.63, 3.8) is 0 Å². The Morgan fingerprint density at radius 2 is 2.47 bits per heavy atom. The first-order chi connectivity index (χ1) is 9.11. The van der Waals surface area contributed by atoms with Gasteiger partial charge in [0, 0.05) is 19.7 Å². The standard InChI is InChI=1S/C13H19N3O3/c1-2-19-10-4-3-5-16(8-10)12-11(13(17)18)6-9(14)7-15-12/h6-7,10H,2-5,8,14H2,1H3,(H,17,18). The molecule has 3 N–H and O–H groups in total. The Kier molecular flexibility index (Phi) is 4.21. The van der Waals surface area contributed by atoms with Crippen molar-refractivity contribution in [2.24, 2.45) is 0 Å². The number of pyridine rings is 1. The summed E-state index contributed by atoms with van der Waals surface area (Å²) in [6.07, 6.45) is 3.60. The molecule has 6 nitrogen and oxygen atoms in total. The second-order valence-corrected chi connectivity index (χ2v) is 4.61. The van der Waals surface area contributed by atoms with Crippen molar-refractivity contribution in [3.8, 4) is 0 Å². The fourth-order valence-electron chi connectivity index (χ4n) is 2.39. The highest BCUT2D eigenvalue weighted by Crippen LogP contribution is 2.24. The minimum Gasteiger partial charge on any atom is -0.478 e. The number of aromatic nitrogens is 1. The summed E-state index contributed by atoms with van der Waals surface area (Å²) >= 11 is 0. The van der Waals surface area contributed by atoms with E-state index in [2.05, 4.69) is 4.98 Å². The minimum absolute atomic E-state index is 0.139. The van der Waals surface area contributed by atoms with Gasteiger partial charge in [0.1, 0.15) is 11.4 Å². The number of rotatable bonds is 4. The molecular formula is C13H19N3O3. The molecule has 1 aliphatic rings. The van der Waals surface area contributed by atoms with Gasteiger partial charge in [0.2, 0.25) is 0 Å². The van der Waals surface area contributed by atoms with Crippen LogP contribution < -0.4 is 10.6 Å². The Morgan fingerprint density at radius 1 is 1.68 bits per heavy atom. The number of hydrogen-bond acceptors (Lipinski definition) is 5. The Morgan fingerprint density at radius 3 is 3.16 bits per heavy atom. The van der Waals surface area contributed by atoms with Gasteiger partial charge in [0.25, 0.3) is 0 Å². The van der Waals surface area contributed by atoms with Crippen LogP contribution in [0.1, 0.15) is 30.1 Å². The van der Waals surface area contributed by atoms with E-state index in [4.69, 9.17) is 10.5 Å². The third kappa shape index (κ3) is 3.14. The molecule has 0 saturated carbocycles. The zero-order valence-corrected chi connectivity index (χ0v) is 11.0. The lowest BCUT2D eigenvalue weighted by molar-refractivity contribution is 0.0522. The van der Waals surface area contributed by atoms with Gasteiger partial charge in [-0.25, -0.2) is 9.78 Å². The van der Waals surface area contributed by atoms with E-state index < -0.39 is 5.97 Å². The fourth-order valence-corrected chi connectivity index (χ4v) is 2.39. The maximum absolute atomic E-state index is 11.3. The first-order valence-corrected chi connectivity index (χ1v) is 6.47. The first-order valence-electron chi connectivity index (χ1n) is 6.47. The van der Waals surface area contributed by atoms with Crippen molar-refractivity contribution in [1.82, 2.24) is 4.98 Å². The maximum Gasteiger partial charge on any atom is 0.339 e. The van der Waals surface area contributed by atoms with E-state index in [9.17, 15) is 9.90 Å². The normalized spacial score (nSPS) is 19.4. The monoisotopic (exact) mass is 265 g/mol. The van der Waals surface area contributed by atoms with Crippen molar-refractivity contribution in [2.45, 2.75) is 25.9 Å². The van der Waals surface area contributed by atoms with Crippen LogP contribution in [0.3, 0.4) is 0 Å². The number of hydrogen-bond donors (Lipinski definition) is 2. The van der Waals surface area contributed by atoms with Gasteiger partial charge in [0.05, 0.1) is 18.0 Å². The largest absolute Gasteiger partial charge is 0.478 e. The minimum atomic E-state index is -1.01. The molecule has 1 unspecified atom stereocenters. The molecule has 1 aromatic heterocycles. The smallest absolute Gasteiger partial charge is 0.339 e. The Balaban J connectivity index is 2.23. The van der Waals surface area contributed by atoms with Gasteiger partial charge in [-0.15, -0.1) is 0 Å². The summed E-state index contributed by atoms with van der Waals surface area (Å²) in [5, 5.41) is 9.24. The predicted octanol–water partition coefficient (Wildman–Crippen LogP) is 1.37. The molecule has 0 aromatic carbocycles. The van der Waals surface area contributed by atoms with Crippen molar-refractivity contribution in [3.05, 3.63) is 17.8 Å². The molecule has 19 heavy (non-hydrogen) atoms. The van der Waals surface area contributed by atoms with Gasteiger partial charge >= 0.3 is 5.97 Å². The molecule has 104 valence electrons. The Bertz CT molecular complexity index is 462. The van der Waals surface area contributed by atoms with Crippen LogP contribution in [0.4, 0.5) is 11.5 Å². The molecule has 1 aromatic rings. The number of nitrogens with two attached hydrogens (primary N) is 1. The highest BCUT2D eigenvalue weighted by molar-refractivity contribution is 5.94. The highest BCUT2D eigenvalue weighted by atomic mass is 16.5. The number of ether oxygens (including phenoxy) is 1. The quantitative estimate of drug-likeness (QED) is 0.854. The van der Waals surface area contributed by atoms with Crippen molar-refractivity contribution < 1.29 is 14.6 Å². The summed E-state index contributed by atoms with van der Waals surface area (Å²) in [6.45, 7) is 4.09. The molecule has 0 amide bonds. The van der Waals surface area contributed by atoms with Crippen molar-refractivity contribution in [2.75, 3.05) is 30.3 Å². The van der Waals surface area contributed by atoms with E-state index in [1.54, 1.807) is 0 Å². The lowest BCUT2D eigenvalue weighted by Crippen LogP contribution is -2.40. The number of anilines is 2. The third-order valence-corrected chi connectivity index (χ3v) is 3.20. The van der Waals surface area contributed by atoms with Gasteiger partial charge in [-0.3, -0.25) is 0 Å². The van der Waals surface area contributed by atoms with E-state index in [1.807, 2.05) is 11.8 Å². The molecule has 0 spiro atoms. The molecule has 1 aliphatic heterocycles. The van der Waals surface area contributed by atoms with Gasteiger partial charge in [0.15, 0.2) is 0 Å². The van der Waals surface area contributed by atoms with E-state index in [0.29, 0.717) is 24.7 Å². The maximum atomic E-state index is 11.3. The number of nitrogens with zero attached hydrogens (tertiary/aromatic N) is 2. The summed E-state index contributed by atoms with van der Waals surface area (Å²) in [7, 11) is 0. The van der Waals surface area contributed by atoms with Crippen molar-refractivity contribution in [1.29, 1.82) is 0 Å². The molecule has 0 bridgehead atoms. The topological polar surface area (TPSA) is 88.7 Å². The number of nitrogen functional groups attached to an aromatic ring is 1. The van der Waals surface area contributed by atoms with Crippen LogP contribution in [0.15, 0.2) is 12.3 Å². The van der Waals surface area contributed by atoms with Gasteiger partial charge in [-0.1, -0.05) is 0 Å². The van der Waals surface area contributed by atoms with E-state index in [0.717, 1.165) is 19.4 Å². The summed E-state index contributed by atoms with van der Waals surface area (Å²) < 4.78 is 5.62. The van der Waals surface area contributed by atoms with Crippen LogP contribution in [0.2, 0.25) is 0 Å². The van der Waals surface area contributed by atoms with Crippen LogP contribution in [0.25, 0.3) is 0 Å². The van der Waals surface area contributed by atoms with Crippen LogP contribution in [-0.2, 0) is 4.74 Å². The highest BCUT2D eigenvalue weighted by Gasteiger charge is 2.24. The average molecular weight is 265 g/mol. The summed E-state index contributed by atoms with van der Waals surface area (Å²) in [6, 6.07) is 1.45. The number of carboxylic acids is 1. The lowest BCUT2D eigenvalue weighted by atomic mass is 10.1. The number of carbonyl (C=O) groups is 1. The van der Waals surface area contributed by atoms with Gasteiger partial charge in [-0.05, 0) is 25.8 Å². The predicted molar refractivity (Wildman–Crippen MR) is 72.5 cm³/mol. The first kappa shape index (κ1) is 13.6. The molecule has 1 fully saturated rings. The number of piperidine rings is 1. The van der Waals surface area contributed by atoms with Crippen LogP contribution in [0.5, 0.6) is 0 Å². The van der Waals surface area contributed by atoms with Crippen LogP contribution in [-0.4, -0.2) is 41.9 Å². The molecule has 2 rings (SSSR count). The van der Waals surface area contributed by atoms with E-state index in [-0.39, 0.29) is 11.7 Å². The van der Waals surface area contributed by atoms with Gasteiger partial charge < -0.3 is 20.5 Å². The summed E-state index contributed by atoms with van der Waals surface area (Å²) in [4.78, 5) is 17.4. The molecule has 0 aliphatic carbocycles. The van der Waals surface area contributed by atoms with E-state index >= 15 is 0 Å². The second-order valence-electron chi connectivity index (χ2n) is 4.61. The summed E-state index contributed by atoms with van der Waals surface area (Å²) in [5.41, 5.74) is 6.11. The second kappa shape index (κ2) is 5.88. The number of aromatic carboxylic acids is 1. The third-order valence-electron chi connectivity index (χ3n) is 3.20. The molecule has 2 heterocycles. The zero-order chi connectivity index (χ0) is 13.8. The molecule has 6 heteroatoms. The fraction of sp³-hybridized carbons (Fsp3) is 0.538. The van der Waals surface area contributed by atoms with Crippen molar-refractivity contribution >= 4 is 17.5 Å². The number of carboxylic acid groups (broad SMARTS) is 1. The SMILES string of the molecule is CCOC1CCCN(c2ncc(N)cc2C(=O)O)C1. The zero-order valence-electron chi connectivity index (χ0n) is 11.0. The molecule has 0 radical (unpaired) electrons. The van der Waals surface area contributed by atoms with Crippen LogP contribution >= 0.6 is 0 Å². The summed E-state index contributed by atoms with van der Waals surface area (Å²) in [5.74, 6) is -0.528. The molecule has 1 atom stereocenters. The van der Waals surface area contributed by atoms with Crippen LogP contribution in [0, 0.1) is 0 Å². The van der Waals surface area contributed by atoms with Gasteiger partial charge in [-0.2, -0.15) is 0 Å².